The second-order valence-electron chi connectivity index (χ2n) is 2.91. The Morgan fingerprint density at radius 2 is 2.43 bits per heavy atom. The largest absolute Gasteiger partial charge is 0.271 e. The zero-order valence-corrected chi connectivity index (χ0v) is 9.88. The van der Waals surface area contributed by atoms with Crippen LogP contribution in [-0.2, 0) is 4.79 Å². The molecule has 0 aromatic carbocycles. The summed E-state index contributed by atoms with van der Waals surface area (Å²) >= 11 is 8.79. The van der Waals surface area contributed by atoms with Crippen molar-refractivity contribution in [3.8, 4) is 0 Å². The highest BCUT2D eigenvalue weighted by Gasteiger charge is 2.28. The topological polar surface area (TPSA) is 29.4 Å². The average molecular weight is 246 g/mol. The molecule has 0 saturated heterocycles. The van der Waals surface area contributed by atoms with Crippen LogP contribution in [0.2, 0.25) is 0 Å². The summed E-state index contributed by atoms with van der Waals surface area (Å²) in [5.41, 5.74) is 1.07. The van der Waals surface area contributed by atoms with Crippen molar-refractivity contribution >= 4 is 45.7 Å². The molecule has 0 radical (unpaired) electrons. The molecule has 2 rings (SSSR count). The SMILES string of the molecule is Cc1sccc1C1=NC(=O)C(CCl)S1. The molecule has 74 valence electrons. The smallest absolute Gasteiger partial charge is 0.261 e. The third kappa shape index (κ3) is 1.74. The predicted molar refractivity (Wildman–Crippen MR) is 62.7 cm³/mol. The Morgan fingerprint density at radius 1 is 1.64 bits per heavy atom. The first-order chi connectivity index (χ1) is 6.72. The second kappa shape index (κ2) is 4.04. The van der Waals surface area contributed by atoms with Crippen molar-refractivity contribution < 1.29 is 4.79 Å². The van der Waals surface area contributed by atoms with Crippen LogP contribution in [0.3, 0.4) is 0 Å². The van der Waals surface area contributed by atoms with Crippen LogP contribution >= 0.6 is 34.7 Å². The van der Waals surface area contributed by atoms with E-state index in [0.29, 0.717) is 5.88 Å². The molecule has 1 aromatic heterocycles. The maximum absolute atomic E-state index is 11.3. The lowest BCUT2D eigenvalue weighted by Crippen LogP contribution is -2.11. The summed E-state index contributed by atoms with van der Waals surface area (Å²) in [6.45, 7) is 2.03. The fraction of sp³-hybridized carbons (Fsp3) is 0.333. The van der Waals surface area contributed by atoms with E-state index in [-0.39, 0.29) is 11.2 Å². The second-order valence-corrected chi connectivity index (χ2v) is 5.53. The predicted octanol–water partition coefficient (Wildman–Crippen LogP) is 2.68. The first-order valence-electron chi connectivity index (χ1n) is 4.12. The molecule has 0 bridgehead atoms. The average Bonchev–Trinajstić information content (AvgIpc) is 2.71. The van der Waals surface area contributed by atoms with Gasteiger partial charge in [0.2, 0.25) is 0 Å². The summed E-state index contributed by atoms with van der Waals surface area (Å²) in [7, 11) is 0. The molecule has 0 spiro atoms. The molecule has 1 aliphatic rings. The van der Waals surface area contributed by atoms with Gasteiger partial charge >= 0.3 is 0 Å². The summed E-state index contributed by atoms with van der Waals surface area (Å²) in [5, 5.41) is 2.64. The van der Waals surface area contributed by atoms with E-state index in [2.05, 4.69) is 4.99 Å². The minimum absolute atomic E-state index is 0.106. The monoisotopic (exact) mass is 245 g/mol. The summed E-state index contributed by atoms with van der Waals surface area (Å²) in [4.78, 5) is 16.5. The Bertz CT molecular complexity index is 399. The highest BCUT2D eigenvalue weighted by atomic mass is 35.5. The van der Waals surface area contributed by atoms with Crippen molar-refractivity contribution in [3.63, 3.8) is 0 Å². The molecule has 14 heavy (non-hydrogen) atoms. The van der Waals surface area contributed by atoms with E-state index in [1.165, 1.54) is 16.6 Å². The van der Waals surface area contributed by atoms with Crippen LogP contribution in [0.25, 0.3) is 0 Å². The van der Waals surface area contributed by atoms with E-state index in [1.54, 1.807) is 11.3 Å². The molecule has 5 heteroatoms. The van der Waals surface area contributed by atoms with Crippen molar-refractivity contribution in [2.24, 2.45) is 4.99 Å². The molecule has 1 aromatic rings. The number of aryl methyl sites for hydroxylation is 1. The minimum Gasteiger partial charge on any atom is -0.271 e. The zero-order valence-electron chi connectivity index (χ0n) is 7.49. The van der Waals surface area contributed by atoms with Crippen molar-refractivity contribution in [1.29, 1.82) is 0 Å². The first kappa shape index (κ1) is 10.2. The van der Waals surface area contributed by atoms with Crippen molar-refractivity contribution in [2.75, 3.05) is 5.88 Å². The number of rotatable bonds is 2. The van der Waals surface area contributed by atoms with Gasteiger partial charge in [0.25, 0.3) is 5.91 Å². The van der Waals surface area contributed by atoms with Crippen LogP contribution in [0.15, 0.2) is 16.4 Å². The van der Waals surface area contributed by atoms with Gasteiger partial charge in [0, 0.05) is 16.3 Å². The summed E-state index contributed by atoms with van der Waals surface area (Å²) in [5.74, 6) is 0.227. The number of alkyl halides is 1. The molecule has 1 amide bonds. The molecular formula is C9H8ClNOS2. The van der Waals surface area contributed by atoms with Gasteiger partial charge in [-0.1, -0.05) is 11.8 Å². The van der Waals surface area contributed by atoms with Gasteiger partial charge in [0.1, 0.15) is 10.3 Å². The van der Waals surface area contributed by atoms with Crippen LogP contribution < -0.4 is 0 Å². The van der Waals surface area contributed by atoms with Gasteiger partial charge in [-0.15, -0.1) is 22.9 Å². The maximum atomic E-state index is 11.3. The summed E-state index contributed by atoms with van der Waals surface area (Å²) in [6.07, 6.45) is 0. The number of thioether (sulfide) groups is 1. The molecule has 0 N–H and O–H groups in total. The first-order valence-corrected chi connectivity index (χ1v) is 6.41. The lowest BCUT2D eigenvalue weighted by molar-refractivity contribution is -0.116. The quantitative estimate of drug-likeness (QED) is 0.750. The molecule has 2 nitrogen and oxygen atoms in total. The van der Waals surface area contributed by atoms with E-state index in [4.69, 9.17) is 11.6 Å². The van der Waals surface area contributed by atoms with Crippen LogP contribution in [0.5, 0.6) is 0 Å². The third-order valence-electron chi connectivity index (χ3n) is 1.97. The number of amides is 1. The molecule has 1 aliphatic heterocycles. The fourth-order valence-electron chi connectivity index (χ4n) is 1.21. The number of carbonyl (C=O) groups is 1. The molecule has 1 atom stereocenters. The molecule has 1 unspecified atom stereocenters. The number of hydrogen-bond acceptors (Lipinski definition) is 3. The van der Waals surface area contributed by atoms with Gasteiger partial charge < -0.3 is 0 Å². The fourth-order valence-corrected chi connectivity index (χ4v) is 3.27. The van der Waals surface area contributed by atoms with E-state index in [9.17, 15) is 4.79 Å². The molecular weight excluding hydrogens is 238 g/mol. The zero-order chi connectivity index (χ0) is 10.1. The Morgan fingerprint density at radius 3 is 2.93 bits per heavy atom. The van der Waals surface area contributed by atoms with Gasteiger partial charge in [0.15, 0.2) is 0 Å². The van der Waals surface area contributed by atoms with Gasteiger partial charge in [-0.05, 0) is 18.4 Å². The highest BCUT2D eigenvalue weighted by molar-refractivity contribution is 8.16. The van der Waals surface area contributed by atoms with E-state index in [1.807, 2.05) is 18.4 Å². The molecule has 2 heterocycles. The summed E-state index contributed by atoms with van der Waals surface area (Å²) < 4.78 is 0. The van der Waals surface area contributed by atoms with Crippen LogP contribution in [0.1, 0.15) is 10.4 Å². The van der Waals surface area contributed by atoms with Crippen molar-refractivity contribution in [1.82, 2.24) is 0 Å². The van der Waals surface area contributed by atoms with E-state index in [0.717, 1.165) is 10.6 Å². The normalized spacial score (nSPS) is 21.4. The Hall–Kier alpha value is -0.320. The molecule has 0 fully saturated rings. The van der Waals surface area contributed by atoms with Gasteiger partial charge in [-0.3, -0.25) is 4.79 Å². The highest BCUT2D eigenvalue weighted by Crippen LogP contribution is 2.30. The van der Waals surface area contributed by atoms with Gasteiger partial charge in [0.05, 0.1) is 0 Å². The van der Waals surface area contributed by atoms with Gasteiger partial charge in [-0.25, -0.2) is 4.99 Å². The Kier molecular flexibility index (Phi) is 2.95. The number of hydrogen-bond donors (Lipinski definition) is 0. The minimum atomic E-state index is -0.189. The number of halogens is 1. The number of aliphatic imine (C=N–C) groups is 1. The van der Waals surface area contributed by atoms with E-state index < -0.39 is 0 Å². The standard InChI is InChI=1S/C9H8ClNOS2/c1-5-6(2-3-13-5)9-11-8(12)7(4-10)14-9/h2-3,7H,4H2,1H3. The molecule has 0 aliphatic carbocycles. The number of nitrogens with zero attached hydrogens (tertiary/aromatic N) is 1. The number of thiophene rings is 1. The lowest BCUT2D eigenvalue weighted by Gasteiger charge is -2.00. The Labute approximate surface area is 95.4 Å². The number of carbonyl (C=O) groups excluding carboxylic acids is 1. The Balaban J connectivity index is 2.27. The van der Waals surface area contributed by atoms with Crippen LogP contribution in [0, 0.1) is 6.92 Å². The van der Waals surface area contributed by atoms with Crippen LogP contribution in [-0.4, -0.2) is 22.1 Å². The van der Waals surface area contributed by atoms with Crippen molar-refractivity contribution in [3.05, 3.63) is 21.9 Å². The van der Waals surface area contributed by atoms with Crippen LogP contribution in [0.4, 0.5) is 0 Å². The van der Waals surface area contributed by atoms with Crippen molar-refractivity contribution in [2.45, 2.75) is 12.2 Å². The summed E-state index contributed by atoms with van der Waals surface area (Å²) in [6, 6.07) is 2.00. The van der Waals surface area contributed by atoms with E-state index >= 15 is 0 Å². The maximum Gasteiger partial charge on any atom is 0.261 e. The van der Waals surface area contributed by atoms with Gasteiger partial charge in [-0.2, -0.15) is 0 Å². The lowest BCUT2D eigenvalue weighted by atomic mass is 10.3. The molecule has 0 saturated carbocycles. The third-order valence-corrected chi connectivity index (χ3v) is 4.49.